The zero-order valence-corrected chi connectivity index (χ0v) is 41.9. The molecule has 0 saturated heterocycles. The maximum atomic E-state index is 9.58. The summed E-state index contributed by atoms with van der Waals surface area (Å²) in [5.41, 5.74) is 20.3. The summed E-state index contributed by atoms with van der Waals surface area (Å²) in [5.74, 6) is 0. The first-order valence-corrected chi connectivity index (χ1v) is 34.9. The van der Waals surface area contributed by atoms with Crippen LogP contribution >= 0.6 is 17.0 Å². The van der Waals surface area contributed by atoms with Crippen LogP contribution in [0.1, 0.15) is 78.4 Å². The summed E-state index contributed by atoms with van der Waals surface area (Å²) in [7, 11) is 18.2. The molecule has 0 fully saturated rings. The van der Waals surface area contributed by atoms with Gasteiger partial charge in [0.1, 0.15) is 0 Å². The van der Waals surface area contributed by atoms with Gasteiger partial charge in [0.25, 0.3) is 0 Å². The molecule has 64 heavy (non-hydrogen) atoms. The van der Waals surface area contributed by atoms with E-state index in [1.54, 1.807) is 0 Å². The number of rotatable bonds is 11. The van der Waals surface area contributed by atoms with Gasteiger partial charge < -0.3 is 0 Å². The monoisotopic (exact) mass is 959 g/mol. The van der Waals surface area contributed by atoms with Crippen LogP contribution < -0.4 is 13.6 Å². The number of fused-ring (bicyclic) bond motifs is 5. The second kappa shape index (κ2) is 16.7. The van der Waals surface area contributed by atoms with E-state index in [0.29, 0.717) is 0 Å². The maximum absolute atomic E-state index is 9.58. The quantitative estimate of drug-likeness (QED) is 0.113. The van der Waals surface area contributed by atoms with Gasteiger partial charge in [-0.3, -0.25) is 0 Å². The van der Waals surface area contributed by atoms with Crippen LogP contribution in [0, 0.1) is 0 Å². The van der Waals surface area contributed by atoms with E-state index in [4.69, 9.17) is 0 Å². The number of aryl methyl sites for hydroxylation is 2. The summed E-state index contributed by atoms with van der Waals surface area (Å²) in [5, 5.41) is 2.89. The van der Waals surface area contributed by atoms with E-state index >= 15 is 0 Å². The van der Waals surface area contributed by atoms with Crippen molar-refractivity contribution in [3.05, 3.63) is 233 Å². The molecule has 0 nitrogen and oxygen atoms in total. The molecule has 0 radical (unpaired) electrons. The van der Waals surface area contributed by atoms with Crippen LogP contribution in [0.4, 0.5) is 0 Å². The Kier molecular flexibility index (Phi) is 10.9. The summed E-state index contributed by atoms with van der Waals surface area (Å²) in [6.45, 7) is 4.54. The van der Waals surface area contributed by atoms with Crippen molar-refractivity contribution in [2.75, 3.05) is 0 Å². The Morgan fingerprint density at radius 1 is 0.422 bits per heavy atom. The normalized spacial score (nSPS) is 16.9. The van der Waals surface area contributed by atoms with Gasteiger partial charge in [-0.25, -0.2) is 0 Å². The van der Waals surface area contributed by atoms with Crippen molar-refractivity contribution in [3.63, 3.8) is 0 Å². The first kappa shape index (κ1) is 41.6. The fourth-order valence-corrected chi connectivity index (χ4v) is 38.8. The summed E-state index contributed by atoms with van der Waals surface area (Å²) >= 11 is -5.94. The first-order valence-electron chi connectivity index (χ1n) is 23.1. The molecular formula is C60H51Cl2SiZr. The van der Waals surface area contributed by atoms with Gasteiger partial charge >= 0.3 is 393 Å². The van der Waals surface area contributed by atoms with Gasteiger partial charge in [0.15, 0.2) is 0 Å². The van der Waals surface area contributed by atoms with E-state index in [9.17, 15) is 17.0 Å². The van der Waals surface area contributed by atoms with Gasteiger partial charge in [0.05, 0.1) is 0 Å². The van der Waals surface area contributed by atoms with Crippen LogP contribution in [0.15, 0.2) is 188 Å². The number of hydrogen-bond donors (Lipinski definition) is 0. The van der Waals surface area contributed by atoms with Gasteiger partial charge in [0.2, 0.25) is 0 Å². The number of hydrogen-bond acceptors (Lipinski definition) is 0. The van der Waals surface area contributed by atoms with Crippen LogP contribution in [-0.2, 0) is 29.2 Å². The molecule has 11 rings (SSSR count). The van der Waals surface area contributed by atoms with E-state index in [1.165, 1.54) is 103 Å². The molecule has 2 unspecified atom stereocenters. The molecule has 8 aromatic rings. The predicted molar refractivity (Wildman–Crippen MR) is 277 cm³/mol. The second-order valence-electron chi connectivity index (χ2n) is 18.0. The summed E-state index contributed by atoms with van der Waals surface area (Å²) in [6.07, 6.45) is 9.16. The fraction of sp³-hybridized carbons (Fsp3) is 0.133. The van der Waals surface area contributed by atoms with Gasteiger partial charge in [-0.1, -0.05) is 0 Å². The Morgan fingerprint density at radius 3 is 1.36 bits per heavy atom. The van der Waals surface area contributed by atoms with Crippen molar-refractivity contribution in [2.24, 2.45) is 0 Å². The zero-order valence-electron chi connectivity index (χ0n) is 36.5. The zero-order chi connectivity index (χ0) is 43.4. The van der Waals surface area contributed by atoms with Crippen molar-refractivity contribution in [2.45, 2.75) is 46.8 Å². The van der Waals surface area contributed by atoms with Crippen LogP contribution in [-0.4, -0.2) is 9.52 Å². The number of benzene rings is 8. The molecule has 3 aliphatic rings. The van der Waals surface area contributed by atoms with Gasteiger partial charge in [-0.2, -0.15) is 0 Å². The third kappa shape index (κ3) is 6.62. The molecule has 2 atom stereocenters. The molecule has 0 aromatic heterocycles. The first-order chi connectivity index (χ1) is 31.4. The van der Waals surface area contributed by atoms with Crippen LogP contribution in [0.2, 0.25) is 0 Å². The fourth-order valence-electron chi connectivity index (χ4n) is 11.8. The molecule has 8 aromatic carbocycles. The minimum absolute atomic E-state index is 0.260. The molecule has 0 saturated carbocycles. The van der Waals surface area contributed by atoms with E-state index in [0.717, 1.165) is 25.7 Å². The summed E-state index contributed by atoms with van der Waals surface area (Å²) in [6, 6.07) is 69.9. The summed E-state index contributed by atoms with van der Waals surface area (Å²) < 4.78 is 0.714. The Labute approximate surface area is 389 Å². The average molecular weight is 962 g/mol. The molecule has 0 spiro atoms. The molecule has 4 heteroatoms. The third-order valence-corrected chi connectivity index (χ3v) is 36.9. The van der Waals surface area contributed by atoms with Crippen molar-refractivity contribution in [1.82, 2.24) is 0 Å². The van der Waals surface area contributed by atoms with Crippen LogP contribution in [0.25, 0.3) is 56.7 Å². The Hall–Kier alpha value is -5.08. The third-order valence-electron chi connectivity index (χ3n) is 14.4. The van der Waals surface area contributed by atoms with Crippen molar-refractivity contribution >= 4 is 63.5 Å². The molecule has 2 aliphatic carbocycles. The average Bonchev–Trinajstić information content (AvgIpc) is 4.06. The predicted octanol–water partition coefficient (Wildman–Crippen LogP) is 14.2. The molecule has 313 valence electrons. The minimum atomic E-state index is -5.94. The molecule has 0 N–H and O–H groups in total. The second-order valence-corrected chi connectivity index (χ2v) is 40.5. The Bertz CT molecular complexity index is 3000. The SMILES string of the molecule is CCCc1ccccc1-c1cccc2c1C=C(c1ccccc1)[CH]2[Zr]([Cl])([Cl])([c]1cccc2c1[SiH2]c1ccccc1-2)[CH]1C(c2ccccc2)=Cc2c(-c3ccccc3CCC)cccc21. The topological polar surface area (TPSA) is 0 Å². The van der Waals surface area contributed by atoms with Gasteiger partial charge in [-0.05, 0) is 0 Å². The molecule has 1 aliphatic heterocycles. The Balaban J connectivity index is 1.26. The van der Waals surface area contributed by atoms with Crippen molar-refractivity contribution in [1.29, 1.82) is 0 Å². The van der Waals surface area contributed by atoms with E-state index in [-0.39, 0.29) is 7.25 Å². The van der Waals surface area contributed by atoms with Crippen molar-refractivity contribution in [3.8, 4) is 33.4 Å². The molecular weight excluding hydrogens is 911 g/mol. The van der Waals surface area contributed by atoms with Crippen molar-refractivity contribution < 1.29 is 16.4 Å². The molecule has 1 heterocycles. The molecule has 0 bridgehead atoms. The summed E-state index contributed by atoms with van der Waals surface area (Å²) in [4.78, 5) is 0. The molecule has 0 amide bonds. The van der Waals surface area contributed by atoms with E-state index < -0.39 is 25.9 Å². The van der Waals surface area contributed by atoms with Crippen LogP contribution in [0.3, 0.4) is 0 Å². The Morgan fingerprint density at radius 2 is 0.844 bits per heavy atom. The number of allylic oxidation sites excluding steroid dienone is 2. The number of halogens is 2. The van der Waals surface area contributed by atoms with Gasteiger partial charge in [0, 0.05) is 0 Å². The van der Waals surface area contributed by atoms with Crippen LogP contribution in [0.5, 0.6) is 0 Å². The van der Waals surface area contributed by atoms with E-state index in [2.05, 4.69) is 214 Å². The van der Waals surface area contributed by atoms with Gasteiger partial charge in [-0.15, -0.1) is 0 Å². The standard InChI is InChI=1S/2C24H21.C12H9Si.2ClH.Zr/c2*1-2-9-19-12-6-7-14-22(19)23-15-8-13-20-16-21(17-24(20)23)18-10-4-3-5-11-18;1-3-7-11-9(5-1)10-6-2-4-8-12(10)13-11;;;/h2*3-8,10-17H,2,9H2,1H3;1-7H,13H2;2*1H;/q;;;;;+2/p-2. The van der Waals surface area contributed by atoms with E-state index in [1.807, 2.05) is 0 Å².